The highest BCUT2D eigenvalue weighted by molar-refractivity contribution is 5.92. The van der Waals surface area contributed by atoms with Crippen LogP contribution in [0, 0.1) is 0 Å². The van der Waals surface area contributed by atoms with Gasteiger partial charge in [-0.25, -0.2) is 4.98 Å². The van der Waals surface area contributed by atoms with Gasteiger partial charge in [-0.3, -0.25) is 4.79 Å². The van der Waals surface area contributed by atoms with Gasteiger partial charge in [-0.2, -0.15) is 0 Å². The number of hydrogen-bond acceptors (Lipinski definition) is 3. The van der Waals surface area contributed by atoms with Gasteiger partial charge in [0.25, 0.3) is 0 Å². The predicted octanol–water partition coefficient (Wildman–Crippen LogP) is 1.57. The number of nitrogens with zero attached hydrogens (tertiary/aromatic N) is 2. The molecule has 2 rings (SSSR count). The molecule has 0 saturated carbocycles. The molecule has 1 amide bonds. The number of nitrogens with one attached hydrogen (secondary N) is 1. The average molecular weight is 286 g/mol. The molecular weight excluding hydrogens is 264 g/mol. The molecule has 0 radical (unpaired) electrons. The summed E-state index contributed by atoms with van der Waals surface area (Å²) in [4.78, 5) is 15.6. The lowest BCUT2D eigenvalue weighted by atomic mass is 10.1. The van der Waals surface area contributed by atoms with E-state index in [1.165, 1.54) is 0 Å². The minimum atomic E-state index is -0.398. The van der Waals surface area contributed by atoms with Gasteiger partial charge in [-0.15, -0.1) is 0 Å². The number of hydrogen-bond donors (Lipinski definition) is 2. The van der Waals surface area contributed by atoms with Crippen molar-refractivity contribution in [2.75, 3.05) is 13.1 Å². The fourth-order valence-corrected chi connectivity index (χ4v) is 2.17. The van der Waals surface area contributed by atoms with Gasteiger partial charge >= 0.3 is 0 Å². The number of primary amides is 1. The molecule has 2 aromatic rings. The minimum Gasteiger partial charge on any atom is -0.366 e. The molecule has 0 atom stereocenters. The Morgan fingerprint density at radius 3 is 3.00 bits per heavy atom. The van der Waals surface area contributed by atoms with Gasteiger partial charge in [-0.1, -0.05) is 19.1 Å². The van der Waals surface area contributed by atoms with E-state index in [-0.39, 0.29) is 0 Å². The van der Waals surface area contributed by atoms with Crippen LogP contribution in [0.15, 0.2) is 36.8 Å². The molecular formula is C16H22N4O. The van der Waals surface area contributed by atoms with Crippen LogP contribution in [0.4, 0.5) is 0 Å². The molecule has 0 bridgehead atoms. The van der Waals surface area contributed by atoms with Gasteiger partial charge in [0.15, 0.2) is 0 Å². The molecule has 3 N–H and O–H groups in total. The maximum Gasteiger partial charge on any atom is 0.248 e. The van der Waals surface area contributed by atoms with Crippen LogP contribution in [0.1, 0.15) is 35.0 Å². The highest BCUT2D eigenvalue weighted by Gasteiger charge is 2.03. The van der Waals surface area contributed by atoms with Crippen molar-refractivity contribution in [1.82, 2.24) is 14.9 Å². The Labute approximate surface area is 125 Å². The van der Waals surface area contributed by atoms with Gasteiger partial charge in [0.05, 0.1) is 12.0 Å². The van der Waals surface area contributed by atoms with E-state index < -0.39 is 5.91 Å². The van der Waals surface area contributed by atoms with E-state index in [1.807, 2.05) is 35.3 Å². The summed E-state index contributed by atoms with van der Waals surface area (Å²) in [5.74, 6) is -0.398. The molecule has 112 valence electrons. The molecule has 0 saturated heterocycles. The molecule has 0 fully saturated rings. The number of imidazole rings is 1. The molecule has 0 aliphatic heterocycles. The molecule has 1 aromatic carbocycles. The van der Waals surface area contributed by atoms with Crippen LogP contribution in [0.3, 0.4) is 0 Å². The third-order valence-corrected chi connectivity index (χ3v) is 3.25. The molecule has 1 heterocycles. The number of carbonyl (C=O) groups is 1. The number of benzene rings is 1. The first-order valence-corrected chi connectivity index (χ1v) is 7.29. The lowest BCUT2D eigenvalue weighted by Crippen LogP contribution is -2.17. The maximum atomic E-state index is 11.2. The van der Waals surface area contributed by atoms with E-state index in [9.17, 15) is 4.79 Å². The van der Waals surface area contributed by atoms with Crippen LogP contribution in [0.2, 0.25) is 0 Å². The summed E-state index contributed by atoms with van der Waals surface area (Å²) in [5.41, 5.74) is 7.95. The minimum absolute atomic E-state index is 0.398. The fraction of sp³-hybridized carbons (Fsp3) is 0.375. The second-order valence-corrected chi connectivity index (χ2v) is 5.10. The van der Waals surface area contributed by atoms with Gasteiger partial charge in [0.1, 0.15) is 0 Å². The van der Waals surface area contributed by atoms with Crippen molar-refractivity contribution >= 4 is 5.91 Å². The standard InChI is InChI=1S/C16H22N4O/c1-2-7-18-8-6-15-11-20(12-19-15)10-13-4-3-5-14(9-13)16(17)21/h3-5,9,11-12,18H,2,6-8,10H2,1H3,(H2,17,21). The monoisotopic (exact) mass is 286 g/mol. The van der Waals surface area contributed by atoms with Crippen LogP contribution in [0.25, 0.3) is 0 Å². The lowest BCUT2D eigenvalue weighted by Gasteiger charge is -2.04. The summed E-state index contributed by atoms with van der Waals surface area (Å²) in [6.45, 7) is 4.83. The number of amides is 1. The summed E-state index contributed by atoms with van der Waals surface area (Å²) in [6, 6.07) is 7.38. The Morgan fingerprint density at radius 1 is 1.38 bits per heavy atom. The quantitative estimate of drug-likeness (QED) is 0.724. The summed E-state index contributed by atoms with van der Waals surface area (Å²) in [7, 11) is 0. The number of carbonyl (C=O) groups excluding carboxylic acids is 1. The zero-order valence-corrected chi connectivity index (χ0v) is 12.4. The van der Waals surface area contributed by atoms with Crippen molar-refractivity contribution in [1.29, 1.82) is 0 Å². The largest absolute Gasteiger partial charge is 0.366 e. The molecule has 1 aromatic heterocycles. The normalized spacial score (nSPS) is 10.7. The van der Waals surface area contributed by atoms with Crippen molar-refractivity contribution in [3.05, 3.63) is 53.6 Å². The van der Waals surface area contributed by atoms with Crippen LogP contribution in [-0.2, 0) is 13.0 Å². The molecule has 21 heavy (non-hydrogen) atoms. The maximum absolute atomic E-state index is 11.2. The third-order valence-electron chi connectivity index (χ3n) is 3.25. The van der Waals surface area contributed by atoms with Gasteiger partial charge in [-0.05, 0) is 30.7 Å². The third kappa shape index (κ3) is 4.72. The van der Waals surface area contributed by atoms with Crippen molar-refractivity contribution < 1.29 is 4.79 Å². The first-order chi connectivity index (χ1) is 10.2. The first-order valence-electron chi connectivity index (χ1n) is 7.29. The highest BCUT2D eigenvalue weighted by Crippen LogP contribution is 2.08. The molecule has 5 heteroatoms. The van der Waals surface area contributed by atoms with E-state index in [0.717, 1.165) is 37.2 Å². The Balaban J connectivity index is 1.93. The highest BCUT2D eigenvalue weighted by atomic mass is 16.1. The lowest BCUT2D eigenvalue weighted by molar-refractivity contribution is 0.1000. The van der Waals surface area contributed by atoms with Crippen LogP contribution in [0.5, 0.6) is 0 Å². The van der Waals surface area contributed by atoms with E-state index in [2.05, 4.69) is 17.2 Å². The van der Waals surface area contributed by atoms with E-state index in [0.29, 0.717) is 12.1 Å². The van der Waals surface area contributed by atoms with Gasteiger partial charge in [0.2, 0.25) is 5.91 Å². The zero-order chi connectivity index (χ0) is 15.1. The topological polar surface area (TPSA) is 72.9 Å². The molecule has 0 aliphatic rings. The van der Waals surface area contributed by atoms with Crippen LogP contribution < -0.4 is 11.1 Å². The fourth-order valence-electron chi connectivity index (χ4n) is 2.17. The van der Waals surface area contributed by atoms with E-state index in [4.69, 9.17) is 5.73 Å². The van der Waals surface area contributed by atoms with Crippen molar-refractivity contribution in [2.24, 2.45) is 5.73 Å². The van der Waals surface area contributed by atoms with Crippen LogP contribution in [-0.4, -0.2) is 28.5 Å². The zero-order valence-electron chi connectivity index (χ0n) is 12.4. The van der Waals surface area contributed by atoms with Crippen molar-refractivity contribution in [2.45, 2.75) is 26.3 Å². The van der Waals surface area contributed by atoms with E-state index >= 15 is 0 Å². The van der Waals surface area contributed by atoms with Crippen molar-refractivity contribution in [3.63, 3.8) is 0 Å². The smallest absolute Gasteiger partial charge is 0.248 e. The Morgan fingerprint density at radius 2 is 2.24 bits per heavy atom. The predicted molar refractivity (Wildman–Crippen MR) is 83.2 cm³/mol. The molecule has 0 unspecified atom stereocenters. The molecule has 0 spiro atoms. The summed E-state index contributed by atoms with van der Waals surface area (Å²) in [5, 5.41) is 3.36. The molecule has 0 aliphatic carbocycles. The second kappa shape index (κ2) is 7.59. The summed E-state index contributed by atoms with van der Waals surface area (Å²) >= 11 is 0. The Hall–Kier alpha value is -2.14. The van der Waals surface area contributed by atoms with E-state index in [1.54, 1.807) is 6.07 Å². The second-order valence-electron chi connectivity index (χ2n) is 5.10. The van der Waals surface area contributed by atoms with Crippen LogP contribution >= 0.6 is 0 Å². The number of aromatic nitrogens is 2. The molecule has 5 nitrogen and oxygen atoms in total. The summed E-state index contributed by atoms with van der Waals surface area (Å²) in [6.07, 6.45) is 5.94. The number of nitrogens with two attached hydrogens (primary N) is 1. The summed E-state index contributed by atoms with van der Waals surface area (Å²) < 4.78 is 2.02. The van der Waals surface area contributed by atoms with Gasteiger partial charge < -0.3 is 15.6 Å². The van der Waals surface area contributed by atoms with Gasteiger partial charge in [0, 0.05) is 31.3 Å². The first kappa shape index (κ1) is 15.3. The average Bonchev–Trinajstić information content (AvgIpc) is 2.91. The SMILES string of the molecule is CCCNCCc1cn(Cc2cccc(C(N)=O)c2)cn1. The Kier molecular flexibility index (Phi) is 5.51. The Bertz CT molecular complexity index is 591. The number of rotatable bonds is 8. The van der Waals surface area contributed by atoms with Crippen molar-refractivity contribution in [3.8, 4) is 0 Å².